The number of hydrogen-bond acceptors (Lipinski definition) is 3. The fraction of sp³-hybridized carbons (Fsp3) is 0.0909. The number of fused-ring (bicyclic) bond motifs is 1. The molecule has 0 aliphatic rings. The Balaban J connectivity index is 1.34. The molecule has 29 heavy (non-hydrogen) atoms. The number of aromatic amines is 1. The molecule has 0 saturated heterocycles. The van der Waals surface area contributed by atoms with Gasteiger partial charge in [-0.3, -0.25) is 4.79 Å². The van der Waals surface area contributed by atoms with Gasteiger partial charge in [-0.15, -0.1) is 0 Å². The van der Waals surface area contributed by atoms with Crippen molar-refractivity contribution < 1.29 is 13.6 Å². The average molecular weight is 392 g/mol. The molecule has 0 aliphatic heterocycles. The van der Waals surface area contributed by atoms with E-state index in [1.165, 1.54) is 17.0 Å². The van der Waals surface area contributed by atoms with Crippen molar-refractivity contribution in [1.82, 2.24) is 9.97 Å². The summed E-state index contributed by atoms with van der Waals surface area (Å²) in [5.74, 6) is -2.11. The summed E-state index contributed by atoms with van der Waals surface area (Å²) in [5, 5.41) is 6.86. The second kappa shape index (κ2) is 8.10. The largest absolute Gasteiger partial charge is 0.383 e. The summed E-state index contributed by atoms with van der Waals surface area (Å²) >= 11 is 0. The summed E-state index contributed by atoms with van der Waals surface area (Å²) in [7, 11) is 0. The lowest BCUT2D eigenvalue weighted by Gasteiger charge is -2.08. The van der Waals surface area contributed by atoms with E-state index in [2.05, 4.69) is 26.7 Å². The van der Waals surface area contributed by atoms with Crippen LogP contribution in [0.2, 0.25) is 0 Å². The lowest BCUT2D eigenvalue weighted by molar-refractivity contribution is 0.102. The van der Waals surface area contributed by atoms with Crippen molar-refractivity contribution >= 4 is 28.2 Å². The summed E-state index contributed by atoms with van der Waals surface area (Å²) in [6, 6.07) is 14.4. The van der Waals surface area contributed by atoms with E-state index in [9.17, 15) is 13.6 Å². The minimum atomic E-state index is -0.839. The molecule has 4 aromatic rings. The van der Waals surface area contributed by atoms with Crippen LogP contribution in [0.3, 0.4) is 0 Å². The Morgan fingerprint density at radius 2 is 1.93 bits per heavy atom. The van der Waals surface area contributed by atoms with Gasteiger partial charge in [0.25, 0.3) is 5.91 Å². The monoisotopic (exact) mass is 392 g/mol. The third-order valence-electron chi connectivity index (χ3n) is 4.57. The van der Waals surface area contributed by atoms with E-state index in [0.717, 1.165) is 23.7 Å². The number of carbonyl (C=O) groups is 1. The van der Waals surface area contributed by atoms with E-state index in [-0.39, 0.29) is 11.4 Å². The van der Waals surface area contributed by atoms with E-state index >= 15 is 0 Å². The van der Waals surface area contributed by atoms with Crippen molar-refractivity contribution in [3.05, 3.63) is 89.9 Å². The van der Waals surface area contributed by atoms with Gasteiger partial charge in [-0.1, -0.05) is 18.2 Å². The average Bonchev–Trinajstić information content (AvgIpc) is 3.14. The zero-order chi connectivity index (χ0) is 20.2. The molecule has 3 N–H and O–H groups in total. The predicted molar refractivity (Wildman–Crippen MR) is 109 cm³/mol. The molecular formula is C22H18F2N4O. The van der Waals surface area contributed by atoms with Crippen molar-refractivity contribution in [3.63, 3.8) is 0 Å². The van der Waals surface area contributed by atoms with Crippen LogP contribution in [0.4, 0.5) is 20.2 Å². The highest BCUT2D eigenvalue weighted by Crippen LogP contribution is 2.19. The first-order valence-corrected chi connectivity index (χ1v) is 9.11. The summed E-state index contributed by atoms with van der Waals surface area (Å²) in [6.45, 7) is 0.704. The van der Waals surface area contributed by atoms with Crippen LogP contribution in [0.25, 0.3) is 10.9 Å². The number of halogens is 2. The van der Waals surface area contributed by atoms with Crippen LogP contribution in [0.1, 0.15) is 16.1 Å². The van der Waals surface area contributed by atoms with Crippen LogP contribution in [-0.2, 0) is 6.42 Å². The zero-order valence-corrected chi connectivity index (χ0v) is 15.4. The summed E-state index contributed by atoms with van der Waals surface area (Å²) in [6.07, 6.45) is 4.38. The Morgan fingerprint density at radius 3 is 2.72 bits per heavy atom. The van der Waals surface area contributed by atoms with E-state index in [1.807, 2.05) is 24.4 Å². The highest BCUT2D eigenvalue weighted by Gasteiger charge is 2.11. The number of hydrogen-bond donors (Lipinski definition) is 3. The number of rotatable bonds is 6. The number of aromatic nitrogens is 2. The summed E-state index contributed by atoms with van der Waals surface area (Å²) in [4.78, 5) is 19.6. The Kier molecular flexibility index (Phi) is 5.20. The van der Waals surface area contributed by atoms with E-state index in [0.29, 0.717) is 12.6 Å². The van der Waals surface area contributed by atoms with E-state index in [4.69, 9.17) is 0 Å². The van der Waals surface area contributed by atoms with Crippen LogP contribution in [0.15, 0.2) is 67.0 Å². The Labute approximate surface area is 165 Å². The molecule has 5 nitrogen and oxygen atoms in total. The van der Waals surface area contributed by atoms with Crippen LogP contribution in [0, 0.1) is 11.6 Å². The molecule has 0 bridgehead atoms. The third kappa shape index (κ3) is 4.24. The van der Waals surface area contributed by atoms with Crippen molar-refractivity contribution in [2.75, 3.05) is 17.2 Å². The van der Waals surface area contributed by atoms with Gasteiger partial charge in [0.15, 0.2) is 0 Å². The molecule has 4 rings (SSSR count). The smallest absolute Gasteiger partial charge is 0.274 e. The van der Waals surface area contributed by atoms with E-state index < -0.39 is 17.5 Å². The molecular weight excluding hydrogens is 374 g/mol. The fourth-order valence-corrected chi connectivity index (χ4v) is 3.09. The Bertz CT molecular complexity index is 1160. The van der Waals surface area contributed by atoms with Crippen LogP contribution >= 0.6 is 0 Å². The first-order chi connectivity index (χ1) is 14.1. The van der Waals surface area contributed by atoms with Gasteiger partial charge in [0.1, 0.15) is 17.3 Å². The molecule has 146 valence electrons. The number of nitrogens with zero attached hydrogens (tertiary/aromatic N) is 1. The topological polar surface area (TPSA) is 69.8 Å². The molecule has 0 aliphatic carbocycles. The maximum absolute atomic E-state index is 13.7. The molecule has 0 spiro atoms. The van der Waals surface area contributed by atoms with Crippen molar-refractivity contribution in [2.24, 2.45) is 0 Å². The molecule has 0 saturated carbocycles. The van der Waals surface area contributed by atoms with Gasteiger partial charge < -0.3 is 15.6 Å². The van der Waals surface area contributed by atoms with E-state index in [1.54, 1.807) is 18.3 Å². The van der Waals surface area contributed by atoms with Gasteiger partial charge in [-0.2, -0.15) is 0 Å². The number of anilines is 2. The number of amides is 1. The first-order valence-electron chi connectivity index (χ1n) is 9.11. The number of para-hydroxylation sites is 1. The molecule has 2 heterocycles. The zero-order valence-electron chi connectivity index (χ0n) is 15.4. The first kappa shape index (κ1) is 18.6. The van der Waals surface area contributed by atoms with Gasteiger partial charge in [0.05, 0.1) is 17.6 Å². The molecule has 2 aromatic heterocycles. The number of pyridine rings is 1. The maximum atomic E-state index is 13.7. The number of H-pyrrole nitrogens is 1. The minimum Gasteiger partial charge on any atom is -0.383 e. The lowest BCUT2D eigenvalue weighted by atomic mass is 10.1. The quantitative estimate of drug-likeness (QED) is 0.444. The summed E-state index contributed by atoms with van der Waals surface area (Å²) in [5.41, 5.74) is 3.14. The molecule has 0 radical (unpaired) electrons. The van der Waals surface area contributed by atoms with Gasteiger partial charge in [-0.25, -0.2) is 13.8 Å². The molecule has 1 amide bonds. The standard InChI is InChI=1S/C22H18F2N4O/c23-15-5-7-20(18(24)11-15)28-22(29)21-8-6-16(13-27-21)25-10-9-14-12-26-19-4-2-1-3-17(14)19/h1-8,11-13,25-26H,9-10H2,(H,28,29). The van der Waals surface area contributed by atoms with Gasteiger partial charge in [0, 0.05) is 29.7 Å². The van der Waals surface area contributed by atoms with Crippen molar-refractivity contribution in [2.45, 2.75) is 6.42 Å². The highest BCUT2D eigenvalue weighted by atomic mass is 19.1. The SMILES string of the molecule is O=C(Nc1ccc(F)cc1F)c1ccc(NCCc2c[nH]c3ccccc23)cn1. The normalized spacial score (nSPS) is 10.8. The fourth-order valence-electron chi connectivity index (χ4n) is 3.09. The van der Waals surface area contributed by atoms with Crippen LogP contribution in [-0.4, -0.2) is 22.4 Å². The third-order valence-corrected chi connectivity index (χ3v) is 4.57. The van der Waals surface area contributed by atoms with Crippen LogP contribution < -0.4 is 10.6 Å². The van der Waals surface area contributed by atoms with Gasteiger partial charge >= 0.3 is 0 Å². The van der Waals surface area contributed by atoms with Gasteiger partial charge in [0.2, 0.25) is 0 Å². The molecule has 2 aromatic carbocycles. The van der Waals surface area contributed by atoms with Gasteiger partial charge in [-0.05, 0) is 42.3 Å². The maximum Gasteiger partial charge on any atom is 0.274 e. The summed E-state index contributed by atoms with van der Waals surface area (Å²) < 4.78 is 26.6. The minimum absolute atomic E-state index is 0.0980. The van der Waals surface area contributed by atoms with Crippen molar-refractivity contribution in [1.29, 1.82) is 0 Å². The van der Waals surface area contributed by atoms with Crippen molar-refractivity contribution in [3.8, 4) is 0 Å². The lowest BCUT2D eigenvalue weighted by Crippen LogP contribution is -2.15. The highest BCUT2D eigenvalue weighted by molar-refractivity contribution is 6.03. The predicted octanol–water partition coefficient (Wildman–Crippen LogP) is 4.75. The molecule has 0 atom stereocenters. The number of nitrogens with one attached hydrogen (secondary N) is 3. The number of carbonyl (C=O) groups excluding carboxylic acids is 1. The van der Waals surface area contributed by atoms with Crippen LogP contribution in [0.5, 0.6) is 0 Å². The Morgan fingerprint density at radius 1 is 1.07 bits per heavy atom. The molecule has 0 fully saturated rings. The molecule has 0 unspecified atom stereocenters. The second-order valence-electron chi connectivity index (χ2n) is 6.55. The molecule has 7 heteroatoms. The number of benzene rings is 2. The Hall–Kier alpha value is -3.74. The second-order valence-corrected chi connectivity index (χ2v) is 6.55.